The second-order valence-electron chi connectivity index (χ2n) is 5.86. The number of imidazole rings is 1. The Hall–Kier alpha value is -2.86. The van der Waals surface area contributed by atoms with Crippen molar-refractivity contribution in [2.45, 2.75) is 19.5 Å². The summed E-state index contributed by atoms with van der Waals surface area (Å²) in [5.41, 5.74) is 2.75. The van der Waals surface area contributed by atoms with Gasteiger partial charge in [-0.15, -0.1) is 0 Å². The third-order valence-electron chi connectivity index (χ3n) is 4.03. The van der Waals surface area contributed by atoms with Gasteiger partial charge >= 0.3 is 0 Å². The fourth-order valence-electron chi connectivity index (χ4n) is 2.79. The molecule has 6 heteroatoms. The topological polar surface area (TPSA) is 79.2 Å². The number of aromatic nitrogens is 2. The summed E-state index contributed by atoms with van der Waals surface area (Å²) in [5.74, 6) is 0.490. The zero-order valence-electron chi connectivity index (χ0n) is 14.1. The van der Waals surface area contributed by atoms with Crippen LogP contribution in [0.2, 0.25) is 0 Å². The highest BCUT2D eigenvalue weighted by Crippen LogP contribution is 2.19. The highest BCUT2D eigenvalue weighted by atomic mass is 16.3. The number of carbonyl (C=O) groups excluding carboxylic acids is 1. The van der Waals surface area contributed by atoms with Gasteiger partial charge in [0.15, 0.2) is 0 Å². The lowest BCUT2D eigenvalue weighted by Crippen LogP contribution is -2.30. The summed E-state index contributed by atoms with van der Waals surface area (Å²) < 4.78 is 1.83. The molecule has 0 aliphatic rings. The number of hydrogen-bond donors (Lipinski definition) is 3. The summed E-state index contributed by atoms with van der Waals surface area (Å²) in [7, 11) is 0. The molecule has 3 rings (SSSR count). The van der Waals surface area contributed by atoms with Gasteiger partial charge in [-0.2, -0.15) is 0 Å². The molecule has 3 aromatic rings. The highest BCUT2D eigenvalue weighted by Gasteiger charge is 2.15. The fourth-order valence-corrected chi connectivity index (χ4v) is 2.79. The van der Waals surface area contributed by atoms with E-state index in [0.717, 1.165) is 16.6 Å². The molecule has 6 nitrogen and oxygen atoms in total. The molecule has 0 aliphatic heterocycles. The normalized spacial score (nSPS) is 12.1. The number of aliphatic hydroxyl groups is 1. The lowest BCUT2D eigenvalue weighted by Gasteiger charge is -2.16. The molecule has 0 fully saturated rings. The number of para-hydroxylation sites is 2. The smallest absolute Gasteiger partial charge is 0.240 e. The minimum atomic E-state index is -0.0912. The van der Waals surface area contributed by atoms with Crippen LogP contribution >= 0.6 is 0 Å². The first-order valence-electron chi connectivity index (χ1n) is 8.33. The molecule has 3 N–H and O–H groups in total. The maximum atomic E-state index is 12.5. The molecule has 2 aromatic carbocycles. The molecular weight excluding hydrogens is 316 g/mol. The molecule has 0 radical (unpaired) electrons. The van der Waals surface area contributed by atoms with Crippen molar-refractivity contribution in [3.05, 3.63) is 60.2 Å². The highest BCUT2D eigenvalue weighted by molar-refractivity contribution is 5.83. The van der Waals surface area contributed by atoms with Crippen molar-refractivity contribution in [2.24, 2.45) is 0 Å². The number of nitrogens with one attached hydrogen (secondary N) is 2. The number of aliphatic hydroxyl groups excluding tert-OH is 1. The molecule has 0 saturated carbocycles. The monoisotopic (exact) mass is 338 g/mol. The van der Waals surface area contributed by atoms with E-state index in [4.69, 9.17) is 5.11 Å². The zero-order valence-corrected chi connectivity index (χ0v) is 14.1. The first kappa shape index (κ1) is 17.0. The molecule has 1 heterocycles. The van der Waals surface area contributed by atoms with Crippen molar-refractivity contribution in [3.8, 4) is 0 Å². The summed E-state index contributed by atoms with van der Waals surface area (Å²) in [6.45, 7) is 2.50. The molecular formula is C19H22N4O2. The van der Waals surface area contributed by atoms with E-state index in [2.05, 4.69) is 15.6 Å². The SMILES string of the molecule is C[C@@H](NC(=O)Cn1c(NCCO)nc2ccccc21)c1ccccc1. The van der Waals surface area contributed by atoms with Crippen molar-refractivity contribution in [1.29, 1.82) is 0 Å². The Labute approximate surface area is 146 Å². The van der Waals surface area contributed by atoms with Crippen LogP contribution in [-0.2, 0) is 11.3 Å². The van der Waals surface area contributed by atoms with E-state index in [1.165, 1.54) is 0 Å². The summed E-state index contributed by atoms with van der Waals surface area (Å²) in [5, 5.41) is 15.1. The average Bonchev–Trinajstić information content (AvgIpc) is 2.98. The molecule has 0 unspecified atom stereocenters. The van der Waals surface area contributed by atoms with E-state index in [-0.39, 0.29) is 25.1 Å². The number of fused-ring (bicyclic) bond motifs is 1. The number of anilines is 1. The summed E-state index contributed by atoms with van der Waals surface area (Å²) in [6.07, 6.45) is 0. The predicted octanol–water partition coefficient (Wildman–Crippen LogP) is 2.32. The molecule has 0 aliphatic carbocycles. The Balaban J connectivity index is 1.78. The summed E-state index contributed by atoms with van der Waals surface area (Å²) in [6, 6.07) is 17.4. The maximum Gasteiger partial charge on any atom is 0.240 e. The number of amides is 1. The van der Waals surface area contributed by atoms with Crippen molar-refractivity contribution >= 4 is 22.9 Å². The van der Waals surface area contributed by atoms with E-state index in [0.29, 0.717) is 12.5 Å². The Morgan fingerprint density at radius 2 is 1.88 bits per heavy atom. The Morgan fingerprint density at radius 1 is 1.16 bits per heavy atom. The van der Waals surface area contributed by atoms with Crippen LogP contribution in [0.4, 0.5) is 5.95 Å². The van der Waals surface area contributed by atoms with Crippen LogP contribution in [0, 0.1) is 0 Å². The van der Waals surface area contributed by atoms with Crippen molar-refractivity contribution in [3.63, 3.8) is 0 Å². The number of rotatable bonds is 7. The third-order valence-corrected chi connectivity index (χ3v) is 4.03. The van der Waals surface area contributed by atoms with E-state index in [1.807, 2.05) is 66.1 Å². The molecule has 130 valence electrons. The minimum Gasteiger partial charge on any atom is -0.395 e. The van der Waals surface area contributed by atoms with Crippen molar-refractivity contribution < 1.29 is 9.90 Å². The minimum absolute atomic E-state index is 0.000439. The zero-order chi connectivity index (χ0) is 17.6. The van der Waals surface area contributed by atoms with Crippen molar-refractivity contribution in [2.75, 3.05) is 18.5 Å². The first-order valence-corrected chi connectivity index (χ1v) is 8.33. The third kappa shape index (κ3) is 3.97. The van der Waals surface area contributed by atoms with Crippen LogP contribution in [-0.4, -0.2) is 33.7 Å². The largest absolute Gasteiger partial charge is 0.395 e. The van der Waals surface area contributed by atoms with Gasteiger partial charge in [-0.1, -0.05) is 42.5 Å². The average molecular weight is 338 g/mol. The fraction of sp³-hybridized carbons (Fsp3) is 0.263. The number of carbonyl (C=O) groups is 1. The molecule has 1 aromatic heterocycles. The lowest BCUT2D eigenvalue weighted by molar-refractivity contribution is -0.122. The van der Waals surface area contributed by atoms with Crippen LogP contribution in [0.3, 0.4) is 0 Å². The van der Waals surface area contributed by atoms with Crippen molar-refractivity contribution in [1.82, 2.24) is 14.9 Å². The quantitative estimate of drug-likeness (QED) is 0.618. The van der Waals surface area contributed by atoms with Gasteiger partial charge in [-0.3, -0.25) is 4.79 Å². The Morgan fingerprint density at radius 3 is 2.64 bits per heavy atom. The van der Waals surface area contributed by atoms with Crippen LogP contribution in [0.15, 0.2) is 54.6 Å². The van der Waals surface area contributed by atoms with E-state index in [9.17, 15) is 4.79 Å². The van der Waals surface area contributed by atoms with Gasteiger partial charge in [-0.25, -0.2) is 4.98 Å². The second kappa shape index (κ2) is 7.81. The Bertz CT molecular complexity index is 845. The lowest BCUT2D eigenvalue weighted by atomic mass is 10.1. The van der Waals surface area contributed by atoms with Gasteiger partial charge in [0.05, 0.1) is 23.7 Å². The Kier molecular flexibility index (Phi) is 5.30. The number of nitrogens with zero attached hydrogens (tertiary/aromatic N) is 2. The van der Waals surface area contributed by atoms with Gasteiger partial charge in [0.2, 0.25) is 11.9 Å². The number of hydrogen-bond acceptors (Lipinski definition) is 4. The van der Waals surface area contributed by atoms with Gasteiger partial charge in [0.1, 0.15) is 6.54 Å². The first-order chi connectivity index (χ1) is 12.2. The van der Waals surface area contributed by atoms with Gasteiger partial charge in [0, 0.05) is 6.54 Å². The molecule has 1 atom stereocenters. The molecule has 25 heavy (non-hydrogen) atoms. The standard InChI is InChI=1S/C19H22N4O2/c1-14(15-7-3-2-4-8-15)21-18(25)13-23-17-10-6-5-9-16(17)22-19(23)20-11-12-24/h2-10,14,24H,11-13H2,1H3,(H,20,22)(H,21,25)/t14-/m1/s1. The van der Waals surface area contributed by atoms with Crippen LogP contribution in [0.5, 0.6) is 0 Å². The predicted molar refractivity (Wildman–Crippen MR) is 98.3 cm³/mol. The molecule has 1 amide bonds. The van der Waals surface area contributed by atoms with Gasteiger partial charge in [0.25, 0.3) is 0 Å². The summed E-state index contributed by atoms with van der Waals surface area (Å²) in [4.78, 5) is 17.0. The molecule has 0 spiro atoms. The van der Waals surface area contributed by atoms with Gasteiger partial charge in [-0.05, 0) is 24.6 Å². The maximum absolute atomic E-state index is 12.5. The molecule has 0 bridgehead atoms. The second-order valence-corrected chi connectivity index (χ2v) is 5.86. The number of benzene rings is 2. The van der Waals surface area contributed by atoms with Crippen LogP contribution in [0.25, 0.3) is 11.0 Å². The van der Waals surface area contributed by atoms with Crippen LogP contribution in [0.1, 0.15) is 18.5 Å². The van der Waals surface area contributed by atoms with E-state index in [1.54, 1.807) is 0 Å². The van der Waals surface area contributed by atoms with Gasteiger partial charge < -0.3 is 20.3 Å². The van der Waals surface area contributed by atoms with Crippen LogP contribution < -0.4 is 10.6 Å². The van der Waals surface area contributed by atoms with E-state index < -0.39 is 0 Å². The molecule has 0 saturated heterocycles. The summed E-state index contributed by atoms with van der Waals surface area (Å²) >= 11 is 0. The van der Waals surface area contributed by atoms with E-state index >= 15 is 0 Å².